The number of rotatable bonds is 6. The van der Waals surface area contributed by atoms with Crippen molar-refractivity contribution in [3.8, 4) is 11.4 Å². The van der Waals surface area contributed by atoms with Gasteiger partial charge < -0.3 is 9.30 Å². The van der Waals surface area contributed by atoms with Gasteiger partial charge in [0, 0.05) is 17.1 Å². The third-order valence-electron chi connectivity index (χ3n) is 4.35. The second-order valence-electron chi connectivity index (χ2n) is 6.51. The molecule has 31 heavy (non-hydrogen) atoms. The van der Waals surface area contributed by atoms with E-state index in [1.807, 2.05) is 45.2 Å². The number of para-hydroxylation sites is 2. The average molecular weight is 453 g/mol. The van der Waals surface area contributed by atoms with Gasteiger partial charge in [0.2, 0.25) is 0 Å². The zero-order valence-electron chi connectivity index (χ0n) is 16.4. The van der Waals surface area contributed by atoms with Gasteiger partial charge in [-0.05, 0) is 44.2 Å². The van der Waals surface area contributed by atoms with Crippen molar-refractivity contribution in [2.24, 2.45) is 0 Å². The molecule has 0 atom stereocenters. The van der Waals surface area contributed by atoms with Gasteiger partial charge in [-0.25, -0.2) is 8.42 Å². The molecule has 0 spiro atoms. The molecule has 0 unspecified atom stereocenters. The number of halogens is 3. The zero-order chi connectivity index (χ0) is 22.8. The van der Waals surface area contributed by atoms with Crippen molar-refractivity contribution in [1.82, 2.24) is 14.8 Å². The van der Waals surface area contributed by atoms with Gasteiger partial charge in [0.15, 0.2) is 0 Å². The molecule has 2 N–H and O–H groups in total. The van der Waals surface area contributed by atoms with Gasteiger partial charge in [0.05, 0.1) is 5.56 Å². The minimum atomic E-state index is -5.08. The molecule has 11 heteroatoms. The fourth-order valence-corrected chi connectivity index (χ4v) is 4.05. The monoisotopic (exact) mass is 453 g/mol. The van der Waals surface area contributed by atoms with Crippen LogP contribution in [0, 0.1) is 13.8 Å². The zero-order valence-corrected chi connectivity index (χ0v) is 17.2. The molecule has 3 rings (SSSR count). The number of aryl methyl sites for hydroxylation is 1. The van der Waals surface area contributed by atoms with Crippen molar-refractivity contribution < 1.29 is 31.1 Å². The first-order valence-corrected chi connectivity index (χ1v) is 10.4. The summed E-state index contributed by atoms with van der Waals surface area (Å²) in [5, 5.41) is 0. The Morgan fingerprint density at radius 2 is 1.61 bits per heavy atom. The largest absolute Gasteiger partial charge is 0.573 e. The highest BCUT2D eigenvalue weighted by molar-refractivity contribution is 7.89. The van der Waals surface area contributed by atoms with Crippen LogP contribution in [-0.2, 0) is 10.0 Å². The van der Waals surface area contributed by atoms with Gasteiger partial charge >= 0.3 is 6.36 Å². The Hall–Kier alpha value is -3.31. The van der Waals surface area contributed by atoms with E-state index in [9.17, 15) is 26.4 Å². The summed E-state index contributed by atoms with van der Waals surface area (Å²) < 4.78 is 68.2. The molecule has 0 saturated carbocycles. The minimum Gasteiger partial charge on any atom is -0.404 e. The molecule has 0 saturated heterocycles. The van der Waals surface area contributed by atoms with Crippen LogP contribution in [0.4, 0.5) is 13.2 Å². The number of hydrogen-bond donors (Lipinski definition) is 2. The van der Waals surface area contributed by atoms with Crippen molar-refractivity contribution >= 4 is 15.9 Å². The number of amides is 1. The number of aromatic nitrogens is 1. The van der Waals surface area contributed by atoms with E-state index in [1.54, 1.807) is 19.9 Å². The molecule has 0 aliphatic rings. The van der Waals surface area contributed by atoms with Crippen molar-refractivity contribution in [3.05, 3.63) is 77.6 Å². The first-order valence-electron chi connectivity index (χ1n) is 8.91. The predicted octanol–water partition coefficient (Wildman–Crippen LogP) is 3.62. The molecular formula is C20H18F3N3O4S. The summed E-state index contributed by atoms with van der Waals surface area (Å²) in [5.74, 6) is -1.69. The Morgan fingerprint density at radius 3 is 2.26 bits per heavy atom. The van der Waals surface area contributed by atoms with E-state index in [0.717, 1.165) is 23.5 Å². The number of ether oxygens (including phenoxy) is 1. The third kappa shape index (κ3) is 5.06. The highest BCUT2D eigenvalue weighted by atomic mass is 32.2. The van der Waals surface area contributed by atoms with Crippen LogP contribution in [0.5, 0.6) is 5.75 Å². The van der Waals surface area contributed by atoms with Gasteiger partial charge in [-0.15, -0.1) is 18.0 Å². The molecule has 1 amide bonds. The quantitative estimate of drug-likeness (QED) is 0.558. The molecule has 7 nitrogen and oxygen atoms in total. The maximum atomic E-state index is 12.6. The van der Waals surface area contributed by atoms with Crippen molar-refractivity contribution in [2.45, 2.75) is 25.1 Å². The summed E-state index contributed by atoms with van der Waals surface area (Å²) in [6.07, 6.45) is -5.08. The Kier molecular flexibility index (Phi) is 6.09. The highest BCUT2D eigenvalue weighted by Gasteiger charge is 2.34. The fraction of sp³-hybridized carbons (Fsp3) is 0.150. The van der Waals surface area contributed by atoms with E-state index in [2.05, 4.69) is 4.74 Å². The molecule has 164 valence electrons. The highest BCUT2D eigenvalue weighted by Crippen LogP contribution is 2.29. The van der Waals surface area contributed by atoms with Gasteiger partial charge in [-0.3, -0.25) is 10.2 Å². The van der Waals surface area contributed by atoms with E-state index in [0.29, 0.717) is 5.69 Å². The number of nitrogens with one attached hydrogen (secondary N) is 2. The van der Waals surface area contributed by atoms with Gasteiger partial charge in [-0.1, -0.05) is 30.3 Å². The number of hydrazine groups is 1. The van der Waals surface area contributed by atoms with Gasteiger partial charge in [0.1, 0.15) is 10.6 Å². The topological polar surface area (TPSA) is 89.4 Å². The van der Waals surface area contributed by atoms with Crippen LogP contribution >= 0.6 is 0 Å². The Bertz CT molecular complexity index is 1210. The SMILES string of the molecule is Cc1cc(C(=O)NNS(=O)(=O)c2ccccc2OC(F)(F)F)c(C)n1-c1ccccc1. The number of carbonyl (C=O) groups is 1. The van der Waals surface area contributed by atoms with Crippen LogP contribution in [0.25, 0.3) is 5.69 Å². The van der Waals surface area contributed by atoms with Crippen LogP contribution in [0.15, 0.2) is 65.6 Å². The van der Waals surface area contributed by atoms with Crippen LogP contribution in [0.1, 0.15) is 21.7 Å². The van der Waals surface area contributed by atoms with E-state index in [1.165, 1.54) is 12.1 Å². The summed E-state index contributed by atoms with van der Waals surface area (Å²) in [6, 6.07) is 15.0. The lowest BCUT2D eigenvalue weighted by Gasteiger charge is -2.14. The molecule has 0 aliphatic heterocycles. The third-order valence-corrected chi connectivity index (χ3v) is 5.64. The smallest absolute Gasteiger partial charge is 0.404 e. The van der Waals surface area contributed by atoms with Gasteiger partial charge in [0.25, 0.3) is 15.9 Å². The molecule has 0 aliphatic carbocycles. The van der Waals surface area contributed by atoms with E-state index in [4.69, 9.17) is 0 Å². The maximum Gasteiger partial charge on any atom is 0.573 e. The molecular weight excluding hydrogens is 435 g/mol. The number of benzene rings is 2. The summed E-state index contributed by atoms with van der Waals surface area (Å²) in [7, 11) is -4.55. The lowest BCUT2D eigenvalue weighted by Crippen LogP contribution is -2.42. The predicted molar refractivity (Wildman–Crippen MR) is 106 cm³/mol. The number of sulfonamides is 1. The summed E-state index contributed by atoms with van der Waals surface area (Å²) in [6.45, 7) is 3.47. The first-order chi connectivity index (χ1) is 14.5. The minimum absolute atomic E-state index is 0.198. The number of nitrogens with zero attached hydrogens (tertiary/aromatic N) is 1. The normalized spacial score (nSPS) is 11.9. The Morgan fingerprint density at radius 1 is 1.00 bits per heavy atom. The van der Waals surface area contributed by atoms with E-state index >= 15 is 0 Å². The summed E-state index contributed by atoms with van der Waals surface area (Å²) >= 11 is 0. The Balaban J connectivity index is 1.82. The molecule has 0 fully saturated rings. The van der Waals surface area contributed by atoms with Crippen LogP contribution in [0.3, 0.4) is 0 Å². The van der Waals surface area contributed by atoms with Crippen LogP contribution in [0.2, 0.25) is 0 Å². The molecule has 2 aromatic carbocycles. The fourth-order valence-electron chi connectivity index (χ4n) is 3.08. The van der Waals surface area contributed by atoms with E-state index < -0.39 is 32.9 Å². The maximum absolute atomic E-state index is 12.6. The standard InChI is InChI=1S/C20H18F3N3O4S/c1-13-12-16(14(2)26(13)15-8-4-3-5-9-15)19(27)24-25-31(28,29)18-11-7-6-10-17(18)30-20(21,22)23/h3-12,25H,1-2H3,(H,24,27). The number of hydrogen-bond acceptors (Lipinski definition) is 4. The lowest BCUT2D eigenvalue weighted by molar-refractivity contribution is -0.275. The first kappa shape index (κ1) is 22.4. The Labute approximate surface area is 176 Å². The van der Waals surface area contributed by atoms with Gasteiger partial charge in [-0.2, -0.15) is 0 Å². The van der Waals surface area contributed by atoms with Crippen LogP contribution in [-0.4, -0.2) is 25.3 Å². The molecule has 0 radical (unpaired) electrons. The van der Waals surface area contributed by atoms with Crippen LogP contribution < -0.4 is 15.0 Å². The van der Waals surface area contributed by atoms with Crippen molar-refractivity contribution in [2.75, 3.05) is 0 Å². The second-order valence-corrected chi connectivity index (χ2v) is 8.16. The molecule has 3 aromatic rings. The van der Waals surface area contributed by atoms with Crippen molar-refractivity contribution in [1.29, 1.82) is 0 Å². The van der Waals surface area contributed by atoms with Crippen molar-refractivity contribution in [3.63, 3.8) is 0 Å². The lowest BCUT2D eigenvalue weighted by atomic mass is 10.2. The second kappa shape index (κ2) is 8.44. The molecule has 1 heterocycles. The summed E-state index contributed by atoms with van der Waals surface area (Å²) in [4.78, 5) is 13.6. The molecule has 1 aromatic heterocycles. The molecule has 0 bridgehead atoms. The number of carbonyl (C=O) groups excluding carboxylic acids is 1. The summed E-state index contributed by atoms with van der Waals surface area (Å²) in [5.41, 5.74) is 4.34. The van der Waals surface area contributed by atoms with E-state index in [-0.39, 0.29) is 5.56 Å². The average Bonchev–Trinajstić information content (AvgIpc) is 3.00. The number of alkyl halides is 3.